The highest BCUT2D eigenvalue weighted by molar-refractivity contribution is 5.94. The highest BCUT2D eigenvalue weighted by Crippen LogP contribution is 2.26. The minimum absolute atomic E-state index is 0.101. The van der Waals surface area contributed by atoms with Gasteiger partial charge in [0, 0.05) is 31.2 Å². The number of hydrogen-bond acceptors (Lipinski definition) is 3. The number of rotatable bonds is 6. The highest BCUT2D eigenvalue weighted by Gasteiger charge is 2.28. The molecule has 1 aromatic rings. The van der Waals surface area contributed by atoms with Crippen LogP contribution >= 0.6 is 0 Å². The fourth-order valence-corrected chi connectivity index (χ4v) is 3.95. The molecular formula is C20H27F3N2O2. The molecular weight excluding hydrogens is 357 g/mol. The molecule has 1 aromatic carbocycles. The Balaban J connectivity index is 1.41. The molecule has 3 rings (SSSR count). The fourth-order valence-electron chi connectivity index (χ4n) is 3.95. The van der Waals surface area contributed by atoms with Gasteiger partial charge in [-0.2, -0.15) is 13.2 Å². The van der Waals surface area contributed by atoms with Crippen molar-refractivity contribution in [1.29, 1.82) is 0 Å². The first-order valence-corrected chi connectivity index (χ1v) is 9.72. The van der Waals surface area contributed by atoms with Gasteiger partial charge in [-0.05, 0) is 55.9 Å². The van der Waals surface area contributed by atoms with Crippen molar-refractivity contribution in [3.63, 3.8) is 0 Å². The van der Waals surface area contributed by atoms with E-state index in [1.807, 2.05) is 0 Å². The minimum atomic E-state index is -4.37. The van der Waals surface area contributed by atoms with E-state index < -0.39 is 12.8 Å². The molecule has 0 unspecified atom stereocenters. The number of nitrogens with one attached hydrogen (secondary N) is 1. The standard InChI is InChI=1S/C20H27F3N2O2/c21-20(22,23)14-27-18-7-5-16(6-8-18)19(26)24-17-9-11-25(12-10-17)13-15-3-1-2-4-15/h5-8,15,17H,1-4,9-14H2,(H,24,26). The van der Waals surface area contributed by atoms with Crippen LogP contribution in [0, 0.1) is 5.92 Å². The van der Waals surface area contributed by atoms with Crippen molar-refractivity contribution in [2.75, 3.05) is 26.2 Å². The van der Waals surface area contributed by atoms with Crippen molar-refractivity contribution in [2.45, 2.75) is 50.7 Å². The largest absolute Gasteiger partial charge is 0.484 e. The van der Waals surface area contributed by atoms with E-state index in [2.05, 4.69) is 15.0 Å². The lowest BCUT2D eigenvalue weighted by atomic mass is 10.0. The third-order valence-electron chi connectivity index (χ3n) is 5.43. The smallest absolute Gasteiger partial charge is 0.422 e. The molecule has 7 heteroatoms. The molecule has 1 aliphatic carbocycles. The van der Waals surface area contributed by atoms with Crippen molar-refractivity contribution < 1.29 is 22.7 Å². The molecule has 1 amide bonds. The maximum atomic E-state index is 12.4. The van der Waals surface area contributed by atoms with Crippen LogP contribution in [0.2, 0.25) is 0 Å². The Morgan fingerprint density at radius 1 is 1.07 bits per heavy atom. The molecule has 1 heterocycles. The second-order valence-electron chi connectivity index (χ2n) is 7.63. The first kappa shape index (κ1) is 20.0. The lowest BCUT2D eigenvalue weighted by Gasteiger charge is -2.33. The average Bonchev–Trinajstić information content (AvgIpc) is 3.14. The molecule has 0 atom stereocenters. The predicted octanol–water partition coefficient (Wildman–Crippen LogP) is 4.01. The van der Waals surface area contributed by atoms with E-state index >= 15 is 0 Å². The SMILES string of the molecule is O=C(NC1CCN(CC2CCCC2)CC1)c1ccc(OCC(F)(F)F)cc1. The summed E-state index contributed by atoms with van der Waals surface area (Å²) in [7, 11) is 0. The van der Waals surface area contributed by atoms with E-state index in [0.29, 0.717) is 5.56 Å². The van der Waals surface area contributed by atoms with Gasteiger partial charge in [-0.1, -0.05) is 12.8 Å². The summed E-state index contributed by atoms with van der Waals surface area (Å²) in [5.74, 6) is 0.755. The van der Waals surface area contributed by atoms with Gasteiger partial charge >= 0.3 is 6.18 Å². The number of nitrogens with zero attached hydrogens (tertiary/aromatic N) is 1. The quantitative estimate of drug-likeness (QED) is 0.806. The van der Waals surface area contributed by atoms with Crippen LogP contribution in [0.3, 0.4) is 0 Å². The molecule has 1 saturated carbocycles. The van der Waals surface area contributed by atoms with Gasteiger partial charge < -0.3 is 15.0 Å². The molecule has 2 fully saturated rings. The van der Waals surface area contributed by atoms with Crippen molar-refractivity contribution in [3.8, 4) is 5.75 Å². The first-order valence-electron chi connectivity index (χ1n) is 9.72. The van der Waals surface area contributed by atoms with E-state index in [1.165, 1.54) is 56.5 Å². The highest BCUT2D eigenvalue weighted by atomic mass is 19.4. The van der Waals surface area contributed by atoms with Crippen LogP contribution in [0.15, 0.2) is 24.3 Å². The number of halogens is 3. The number of likely N-dealkylation sites (tertiary alicyclic amines) is 1. The van der Waals surface area contributed by atoms with E-state index in [9.17, 15) is 18.0 Å². The number of carbonyl (C=O) groups excluding carboxylic acids is 1. The molecule has 1 N–H and O–H groups in total. The van der Waals surface area contributed by atoms with Crippen LogP contribution in [0.5, 0.6) is 5.75 Å². The average molecular weight is 384 g/mol. The van der Waals surface area contributed by atoms with Crippen LogP contribution in [0.25, 0.3) is 0 Å². The third kappa shape index (κ3) is 6.41. The molecule has 0 bridgehead atoms. The monoisotopic (exact) mass is 384 g/mol. The molecule has 1 aliphatic heterocycles. The Labute approximate surface area is 158 Å². The summed E-state index contributed by atoms with van der Waals surface area (Å²) in [4.78, 5) is 14.9. The minimum Gasteiger partial charge on any atom is -0.484 e. The topological polar surface area (TPSA) is 41.6 Å². The van der Waals surface area contributed by atoms with Crippen molar-refractivity contribution in [1.82, 2.24) is 10.2 Å². The zero-order chi connectivity index (χ0) is 19.3. The fraction of sp³-hybridized carbons (Fsp3) is 0.650. The lowest BCUT2D eigenvalue weighted by Crippen LogP contribution is -2.45. The van der Waals surface area contributed by atoms with Crippen LogP contribution < -0.4 is 10.1 Å². The third-order valence-corrected chi connectivity index (χ3v) is 5.43. The summed E-state index contributed by atoms with van der Waals surface area (Å²) in [6, 6.07) is 5.93. The van der Waals surface area contributed by atoms with E-state index in [4.69, 9.17) is 0 Å². The summed E-state index contributed by atoms with van der Waals surface area (Å²) < 4.78 is 41.1. The molecule has 1 saturated heterocycles. The van der Waals surface area contributed by atoms with Crippen LogP contribution in [-0.4, -0.2) is 49.3 Å². The molecule has 0 spiro atoms. The maximum absolute atomic E-state index is 12.4. The Hall–Kier alpha value is -1.76. The predicted molar refractivity (Wildman–Crippen MR) is 96.9 cm³/mol. The van der Waals surface area contributed by atoms with Crippen LogP contribution in [0.1, 0.15) is 48.9 Å². The van der Waals surface area contributed by atoms with Gasteiger partial charge in [-0.15, -0.1) is 0 Å². The number of amides is 1. The second-order valence-corrected chi connectivity index (χ2v) is 7.63. The summed E-state index contributed by atoms with van der Waals surface area (Å²) in [6.45, 7) is 1.86. The van der Waals surface area contributed by atoms with Gasteiger partial charge in [0.05, 0.1) is 0 Å². The first-order chi connectivity index (χ1) is 12.9. The normalized spacial score (nSPS) is 20.0. The summed E-state index contributed by atoms with van der Waals surface area (Å²) >= 11 is 0. The molecule has 150 valence electrons. The van der Waals surface area contributed by atoms with E-state index in [1.54, 1.807) is 0 Å². The van der Waals surface area contributed by atoms with Gasteiger partial charge in [-0.25, -0.2) is 0 Å². The van der Waals surface area contributed by atoms with Gasteiger partial charge in [0.1, 0.15) is 5.75 Å². The zero-order valence-electron chi connectivity index (χ0n) is 15.4. The van der Waals surface area contributed by atoms with Crippen molar-refractivity contribution in [3.05, 3.63) is 29.8 Å². The Morgan fingerprint density at radius 2 is 1.70 bits per heavy atom. The van der Waals surface area contributed by atoms with Crippen LogP contribution in [0.4, 0.5) is 13.2 Å². The number of alkyl halides is 3. The van der Waals surface area contributed by atoms with Crippen molar-refractivity contribution >= 4 is 5.91 Å². The lowest BCUT2D eigenvalue weighted by molar-refractivity contribution is -0.153. The Kier molecular flexibility index (Phi) is 6.63. The van der Waals surface area contributed by atoms with Gasteiger partial charge in [0.2, 0.25) is 0 Å². The number of hydrogen-bond donors (Lipinski definition) is 1. The summed E-state index contributed by atoms with van der Waals surface area (Å²) in [5.41, 5.74) is 0.433. The number of benzene rings is 1. The Bertz CT molecular complexity index is 605. The molecule has 27 heavy (non-hydrogen) atoms. The molecule has 4 nitrogen and oxygen atoms in total. The number of piperidine rings is 1. The zero-order valence-corrected chi connectivity index (χ0v) is 15.4. The second kappa shape index (κ2) is 8.95. The van der Waals surface area contributed by atoms with Gasteiger partial charge in [0.25, 0.3) is 5.91 Å². The summed E-state index contributed by atoms with van der Waals surface area (Å²) in [5, 5.41) is 3.04. The molecule has 2 aliphatic rings. The number of carbonyl (C=O) groups is 1. The van der Waals surface area contributed by atoms with E-state index in [-0.39, 0.29) is 17.7 Å². The van der Waals surface area contributed by atoms with Gasteiger partial charge in [0.15, 0.2) is 6.61 Å². The van der Waals surface area contributed by atoms with Crippen molar-refractivity contribution in [2.24, 2.45) is 5.92 Å². The maximum Gasteiger partial charge on any atom is 0.422 e. The van der Waals surface area contributed by atoms with Crippen LogP contribution in [-0.2, 0) is 0 Å². The molecule has 0 radical (unpaired) electrons. The number of ether oxygens (including phenoxy) is 1. The van der Waals surface area contributed by atoms with E-state index in [0.717, 1.165) is 31.8 Å². The Morgan fingerprint density at radius 3 is 2.30 bits per heavy atom. The molecule has 0 aromatic heterocycles. The summed E-state index contributed by atoms with van der Waals surface area (Å²) in [6.07, 6.45) is 2.91. The van der Waals surface area contributed by atoms with Gasteiger partial charge in [-0.3, -0.25) is 4.79 Å².